The number of nitrogens with zero attached hydrogens (tertiary/aromatic N) is 2. The maximum atomic E-state index is 12.8. The van der Waals surface area contributed by atoms with Crippen molar-refractivity contribution in [2.75, 3.05) is 31.1 Å². The highest BCUT2D eigenvalue weighted by Crippen LogP contribution is 2.44. The van der Waals surface area contributed by atoms with Gasteiger partial charge in [-0.25, -0.2) is 0 Å². The van der Waals surface area contributed by atoms with E-state index >= 15 is 0 Å². The van der Waals surface area contributed by atoms with Crippen molar-refractivity contribution in [3.63, 3.8) is 0 Å². The van der Waals surface area contributed by atoms with E-state index in [2.05, 4.69) is 24.1 Å². The Hall–Kier alpha value is -1.75. The fourth-order valence-electron chi connectivity index (χ4n) is 4.10. The number of carbonyl (C=O) groups excluding carboxylic acids is 2. The first-order valence-electron chi connectivity index (χ1n) is 8.87. The molecule has 6 heteroatoms. The molecule has 0 aromatic heterocycles. The van der Waals surface area contributed by atoms with E-state index < -0.39 is 0 Å². The summed E-state index contributed by atoms with van der Waals surface area (Å²) in [7, 11) is 0. The minimum Gasteiger partial charge on any atom is -0.361 e. The lowest BCUT2D eigenvalue weighted by Gasteiger charge is -2.34. The maximum Gasteiger partial charge on any atom is 0.242 e. The van der Waals surface area contributed by atoms with Crippen LogP contribution in [0, 0.1) is 0 Å². The Labute approximate surface area is 154 Å². The number of likely N-dealkylation sites (tertiary alicyclic amines) is 1. The van der Waals surface area contributed by atoms with E-state index in [1.807, 2.05) is 23.1 Å². The molecule has 0 bridgehead atoms. The van der Waals surface area contributed by atoms with Gasteiger partial charge in [0, 0.05) is 54.3 Å². The van der Waals surface area contributed by atoms with Gasteiger partial charge in [-0.15, -0.1) is 0 Å². The molecule has 1 atom stereocenters. The Morgan fingerprint density at radius 2 is 2.12 bits per heavy atom. The lowest BCUT2D eigenvalue weighted by molar-refractivity contribution is -0.132. The van der Waals surface area contributed by atoms with Gasteiger partial charge in [-0.1, -0.05) is 31.5 Å². The van der Waals surface area contributed by atoms with E-state index in [9.17, 15) is 9.59 Å². The van der Waals surface area contributed by atoms with Gasteiger partial charge in [0.05, 0.1) is 6.54 Å². The molecule has 0 aliphatic carbocycles. The first kappa shape index (κ1) is 18.1. The van der Waals surface area contributed by atoms with Crippen molar-refractivity contribution in [2.45, 2.75) is 45.1 Å². The molecule has 1 aromatic carbocycles. The summed E-state index contributed by atoms with van der Waals surface area (Å²) < 4.78 is 0. The third-order valence-electron chi connectivity index (χ3n) is 5.10. The highest BCUT2D eigenvalue weighted by molar-refractivity contribution is 6.32. The van der Waals surface area contributed by atoms with E-state index in [4.69, 9.17) is 11.6 Å². The molecule has 5 nitrogen and oxygen atoms in total. The molecule has 1 aromatic rings. The molecule has 0 saturated carbocycles. The van der Waals surface area contributed by atoms with Crippen LogP contribution in [0.1, 0.15) is 39.2 Å². The molecule has 0 radical (unpaired) electrons. The summed E-state index contributed by atoms with van der Waals surface area (Å²) in [6.45, 7) is 8.33. The van der Waals surface area contributed by atoms with Crippen molar-refractivity contribution in [1.82, 2.24) is 10.2 Å². The van der Waals surface area contributed by atoms with E-state index in [-0.39, 0.29) is 23.3 Å². The first-order chi connectivity index (χ1) is 11.8. The number of nitrogens with one attached hydrogen (secondary N) is 1. The molecule has 1 fully saturated rings. The van der Waals surface area contributed by atoms with Crippen LogP contribution in [0.25, 0.3) is 0 Å². The van der Waals surface area contributed by atoms with Crippen LogP contribution < -0.4 is 10.2 Å². The summed E-state index contributed by atoms with van der Waals surface area (Å²) in [6.07, 6.45) is 1.85. The molecule has 136 valence electrons. The topological polar surface area (TPSA) is 52.7 Å². The number of amides is 2. The minimum absolute atomic E-state index is 0.0378. The zero-order chi connectivity index (χ0) is 18.2. The van der Waals surface area contributed by atoms with Gasteiger partial charge in [-0.3, -0.25) is 9.59 Å². The van der Waals surface area contributed by atoms with Gasteiger partial charge >= 0.3 is 0 Å². The Balaban J connectivity index is 1.70. The molecule has 1 saturated heterocycles. The number of anilines is 1. The highest BCUT2D eigenvalue weighted by atomic mass is 35.5. The van der Waals surface area contributed by atoms with Crippen LogP contribution in [0.3, 0.4) is 0 Å². The fraction of sp³-hybridized carbons (Fsp3) is 0.579. The average molecular weight is 364 g/mol. The molecule has 1 N–H and O–H groups in total. The van der Waals surface area contributed by atoms with Gasteiger partial charge in [0.2, 0.25) is 11.8 Å². The van der Waals surface area contributed by atoms with E-state index in [1.165, 1.54) is 6.92 Å². The van der Waals surface area contributed by atoms with Gasteiger partial charge in [-0.05, 0) is 25.0 Å². The second kappa shape index (κ2) is 6.87. The van der Waals surface area contributed by atoms with Crippen molar-refractivity contribution >= 4 is 29.1 Å². The quantitative estimate of drug-likeness (QED) is 0.898. The molecular weight excluding hydrogens is 338 g/mol. The summed E-state index contributed by atoms with van der Waals surface area (Å²) >= 11 is 6.41. The number of rotatable bonds is 3. The molecule has 0 spiro atoms. The Morgan fingerprint density at radius 3 is 2.84 bits per heavy atom. The first-order valence-corrected chi connectivity index (χ1v) is 9.24. The van der Waals surface area contributed by atoms with Crippen molar-refractivity contribution in [2.24, 2.45) is 0 Å². The lowest BCUT2D eigenvalue weighted by atomic mass is 9.87. The number of piperidine rings is 1. The zero-order valence-electron chi connectivity index (χ0n) is 15.1. The summed E-state index contributed by atoms with van der Waals surface area (Å²) in [4.78, 5) is 28.1. The second-order valence-corrected chi connectivity index (χ2v) is 8.16. The minimum atomic E-state index is -0.0748. The van der Waals surface area contributed by atoms with Gasteiger partial charge in [0.25, 0.3) is 0 Å². The second-order valence-electron chi connectivity index (χ2n) is 7.75. The molecule has 2 amide bonds. The highest BCUT2D eigenvalue weighted by Gasteiger charge is 2.38. The number of benzene rings is 1. The maximum absolute atomic E-state index is 12.8. The summed E-state index contributed by atoms with van der Waals surface area (Å²) in [5.74, 6) is 0.0721. The molecule has 2 aliphatic rings. The van der Waals surface area contributed by atoms with Crippen molar-refractivity contribution in [3.8, 4) is 0 Å². The molecule has 1 unspecified atom stereocenters. The SMILES string of the molecule is CC(=O)NC1CCCN(C(=O)CN2CC(C)(C)c3c(Cl)cccc32)C1. The van der Waals surface area contributed by atoms with Crippen molar-refractivity contribution in [3.05, 3.63) is 28.8 Å². The van der Waals surface area contributed by atoms with E-state index in [0.717, 1.165) is 42.2 Å². The predicted octanol–water partition coefficient (Wildman–Crippen LogP) is 2.56. The molecule has 2 aliphatic heterocycles. The largest absolute Gasteiger partial charge is 0.361 e. The van der Waals surface area contributed by atoms with Crippen LogP contribution in [0.4, 0.5) is 5.69 Å². The molecular formula is C19H26ClN3O2. The van der Waals surface area contributed by atoms with Crippen molar-refractivity contribution < 1.29 is 9.59 Å². The van der Waals surface area contributed by atoms with Crippen LogP contribution >= 0.6 is 11.6 Å². The van der Waals surface area contributed by atoms with Crippen LogP contribution in [0.5, 0.6) is 0 Å². The smallest absolute Gasteiger partial charge is 0.242 e. The number of halogens is 1. The molecule has 25 heavy (non-hydrogen) atoms. The summed E-state index contributed by atoms with van der Waals surface area (Å²) in [5, 5.41) is 3.70. The third-order valence-corrected chi connectivity index (χ3v) is 5.42. The number of hydrogen-bond donors (Lipinski definition) is 1. The Kier molecular flexibility index (Phi) is 4.96. The van der Waals surface area contributed by atoms with Gasteiger partial charge < -0.3 is 15.1 Å². The standard InChI is InChI=1S/C19H26ClN3O2/c1-13(24)21-14-6-5-9-22(10-14)17(25)11-23-12-19(2,3)18-15(20)7-4-8-16(18)23/h4,7-8,14H,5-6,9-12H2,1-3H3,(H,21,24). The number of hydrogen-bond acceptors (Lipinski definition) is 3. The fourth-order valence-corrected chi connectivity index (χ4v) is 4.53. The van der Waals surface area contributed by atoms with Gasteiger partial charge in [0.15, 0.2) is 0 Å². The Morgan fingerprint density at radius 1 is 1.36 bits per heavy atom. The van der Waals surface area contributed by atoms with E-state index in [1.54, 1.807) is 0 Å². The summed E-state index contributed by atoms with van der Waals surface area (Å²) in [6, 6.07) is 5.95. The summed E-state index contributed by atoms with van der Waals surface area (Å²) in [5.41, 5.74) is 2.11. The lowest BCUT2D eigenvalue weighted by Crippen LogP contribution is -2.51. The average Bonchev–Trinajstić information content (AvgIpc) is 2.78. The van der Waals surface area contributed by atoms with Crippen LogP contribution in [0.15, 0.2) is 18.2 Å². The van der Waals surface area contributed by atoms with E-state index in [0.29, 0.717) is 13.1 Å². The Bertz CT molecular complexity index is 689. The van der Waals surface area contributed by atoms with Crippen LogP contribution in [-0.4, -0.2) is 48.9 Å². The van der Waals surface area contributed by atoms with Gasteiger partial charge in [0.1, 0.15) is 0 Å². The van der Waals surface area contributed by atoms with Crippen molar-refractivity contribution in [1.29, 1.82) is 0 Å². The normalized spacial score (nSPS) is 21.8. The molecule has 2 heterocycles. The van der Waals surface area contributed by atoms with Crippen LogP contribution in [-0.2, 0) is 15.0 Å². The number of carbonyl (C=O) groups is 2. The molecule has 3 rings (SSSR count). The number of fused-ring (bicyclic) bond motifs is 1. The zero-order valence-corrected chi connectivity index (χ0v) is 15.9. The van der Waals surface area contributed by atoms with Gasteiger partial charge in [-0.2, -0.15) is 0 Å². The predicted molar refractivity (Wildman–Crippen MR) is 100 cm³/mol. The third kappa shape index (κ3) is 3.76. The van der Waals surface area contributed by atoms with Crippen LogP contribution in [0.2, 0.25) is 5.02 Å². The monoisotopic (exact) mass is 363 g/mol.